The summed E-state index contributed by atoms with van der Waals surface area (Å²) < 4.78 is 4.97. The van der Waals surface area contributed by atoms with Crippen molar-refractivity contribution < 1.29 is 19.1 Å². The van der Waals surface area contributed by atoms with E-state index in [-0.39, 0.29) is 37.2 Å². The van der Waals surface area contributed by atoms with Crippen molar-refractivity contribution in [2.45, 2.75) is 39.2 Å². The van der Waals surface area contributed by atoms with Gasteiger partial charge in [0.05, 0.1) is 17.3 Å². The van der Waals surface area contributed by atoms with Gasteiger partial charge in [-0.3, -0.25) is 14.4 Å². The van der Waals surface area contributed by atoms with Crippen molar-refractivity contribution in [1.82, 2.24) is 5.32 Å². The summed E-state index contributed by atoms with van der Waals surface area (Å²) >= 11 is 1.34. The number of ether oxygens (including phenoxy) is 1. The van der Waals surface area contributed by atoms with Gasteiger partial charge in [0.1, 0.15) is 0 Å². The van der Waals surface area contributed by atoms with Crippen LogP contribution in [-0.2, 0) is 14.3 Å². The molecule has 5 nitrogen and oxygen atoms in total. The Kier molecular flexibility index (Phi) is 7.53. The van der Waals surface area contributed by atoms with Crippen molar-refractivity contribution in [3.8, 4) is 0 Å². The zero-order chi connectivity index (χ0) is 18.9. The first-order valence-electron chi connectivity index (χ1n) is 8.58. The van der Waals surface area contributed by atoms with Crippen LogP contribution in [0.25, 0.3) is 0 Å². The number of carbonyl (C=O) groups is 3. The number of hydrogen-bond acceptors (Lipinski definition) is 5. The van der Waals surface area contributed by atoms with E-state index < -0.39 is 5.97 Å². The number of esters is 1. The highest BCUT2D eigenvalue weighted by molar-refractivity contribution is 7.12. The molecule has 2 rings (SSSR count). The molecule has 2 aromatic rings. The third kappa shape index (κ3) is 6.11. The quantitative estimate of drug-likeness (QED) is 0.536. The second kappa shape index (κ2) is 9.87. The summed E-state index contributed by atoms with van der Waals surface area (Å²) in [5.41, 5.74) is 2.17. The Balaban J connectivity index is 1.73. The number of thiophene rings is 1. The van der Waals surface area contributed by atoms with Gasteiger partial charge in [-0.25, -0.2) is 0 Å². The van der Waals surface area contributed by atoms with Gasteiger partial charge in [0.25, 0.3) is 5.91 Å². The Morgan fingerprint density at radius 2 is 1.85 bits per heavy atom. The molecule has 1 aromatic carbocycles. The third-order valence-corrected chi connectivity index (χ3v) is 4.85. The van der Waals surface area contributed by atoms with Crippen molar-refractivity contribution in [2.75, 3.05) is 6.61 Å². The molecular formula is C20H23NO4S. The molecule has 138 valence electrons. The van der Waals surface area contributed by atoms with Gasteiger partial charge in [-0.05, 0) is 30.4 Å². The van der Waals surface area contributed by atoms with E-state index in [2.05, 4.69) is 5.32 Å². The fourth-order valence-electron chi connectivity index (χ4n) is 2.45. The zero-order valence-electron chi connectivity index (χ0n) is 15.0. The lowest BCUT2D eigenvalue weighted by molar-refractivity contribution is -0.148. The predicted molar refractivity (Wildman–Crippen MR) is 101 cm³/mol. The van der Waals surface area contributed by atoms with E-state index in [1.165, 1.54) is 11.3 Å². The van der Waals surface area contributed by atoms with Crippen LogP contribution in [0.5, 0.6) is 0 Å². The average Bonchev–Trinajstić information content (AvgIpc) is 3.18. The number of benzene rings is 1. The van der Waals surface area contributed by atoms with Crippen LogP contribution in [0.1, 0.15) is 53.0 Å². The molecule has 0 aliphatic rings. The Labute approximate surface area is 157 Å². The Bertz CT molecular complexity index is 738. The van der Waals surface area contributed by atoms with Crippen molar-refractivity contribution in [1.29, 1.82) is 0 Å². The highest BCUT2D eigenvalue weighted by atomic mass is 32.1. The first-order valence-corrected chi connectivity index (χ1v) is 9.45. The molecule has 1 N–H and O–H groups in total. The van der Waals surface area contributed by atoms with Crippen molar-refractivity contribution in [3.05, 3.63) is 57.8 Å². The molecule has 0 saturated heterocycles. The summed E-state index contributed by atoms with van der Waals surface area (Å²) in [6.07, 6.45) is 0.791. The molecule has 1 amide bonds. The fourth-order valence-corrected chi connectivity index (χ4v) is 3.14. The summed E-state index contributed by atoms with van der Waals surface area (Å²) in [5.74, 6) is -0.990. The maximum atomic E-state index is 12.0. The standard InChI is InChI=1S/C20H23NO4S/c1-3-16(15-8-6-14(2)7-9-15)21-19(23)13-25-20(24)11-10-17(22)18-5-4-12-26-18/h4-9,12,16H,3,10-11,13H2,1-2H3,(H,21,23)/t16-/m0/s1. The van der Waals surface area contributed by atoms with E-state index in [1.807, 2.05) is 43.5 Å². The second-order valence-electron chi connectivity index (χ2n) is 6.00. The van der Waals surface area contributed by atoms with E-state index in [9.17, 15) is 14.4 Å². The van der Waals surface area contributed by atoms with E-state index in [0.29, 0.717) is 4.88 Å². The normalized spacial score (nSPS) is 11.6. The summed E-state index contributed by atoms with van der Waals surface area (Å²) in [5, 5.41) is 4.68. The monoisotopic (exact) mass is 373 g/mol. The first-order chi connectivity index (χ1) is 12.5. The minimum Gasteiger partial charge on any atom is -0.456 e. The first kappa shape index (κ1) is 19.8. The van der Waals surface area contributed by atoms with Gasteiger partial charge >= 0.3 is 5.97 Å². The van der Waals surface area contributed by atoms with Crippen LogP contribution >= 0.6 is 11.3 Å². The van der Waals surface area contributed by atoms with Crippen LogP contribution < -0.4 is 5.32 Å². The van der Waals surface area contributed by atoms with Crippen LogP contribution in [0, 0.1) is 6.92 Å². The van der Waals surface area contributed by atoms with Crippen LogP contribution in [-0.4, -0.2) is 24.3 Å². The largest absolute Gasteiger partial charge is 0.456 e. The summed E-state index contributed by atoms with van der Waals surface area (Å²) in [7, 11) is 0. The zero-order valence-corrected chi connectivity index (χ0v) is 15.8. The van der Waals surface area contributed by atoms with Crippen LogP contribution in [0.15, 0.2) is 41.8 Å². The maximum absolute atomic E-state index is 12.0. The number of carbonyl (C=O) groups excluding carboxylic acids is 3. The highest BCUT2D eigenvalue weighted by Crippen LogP contribution is 2.17. The Morgan fingerprint density at radius 3 is 2.46 bits per heavy atom. The predicted octanol–water partition coefficient (Wildman–Crippen LogP) is 3.83. The minimum absolute atomic E-state index is 0.0286. The molecule has 0 fully saturated rings. The number of aryl methyl sites for hydroxylation is 1. The van der Waals surface area contributed by atoms with E-state index in [0.717, 1.165) is 17.5 Å². The van der Waals surface area contributed by atoms with E-state index in [4.69, 9.17) is 4.74 Å². The minimum atomic E-state index is -0.548. The Morgan fingerprint density at radius 1 is 1.12 bits per heavy atom. The van der Waals surface area contributed by atoms with Crippen LogP contribution in [0.3, 0.4) is 0 Å². The van der Waals surface area contributed by atoms with Gasteiger partial charge in [0, 0.05) is 6.42 Å². The average molecular weight is 373 g/mol. The molecule has 6 heteroatoms. The third-order valence-electron chi connectivity index (χ3n) is 3.94. The van der Waals surface area contributed by atoms with Crippen LogP contribution in [0.4, 0.5) is 0 Å². The van der Waals surface area contributed by atoms with Crippen molar-refractivity contribution >= 4 is 29.0 Å². The number of hydrogen-bond donors (Lipinski definition) is 1. The SMILES string of the molecule is CC[C@H](NC(=O)COC(=O)CCC(=O)c1cccs1)c1ccc(C)cc1. The molecule has 0 aliphatic heterocycles. The van der Waals surface area contributed by atoms with Gasteiger partial charge in [-0.15, -0.1) is 11.3 Å². The topological polar surface area (TPSA) is 72.5 Å². The number of amides is 1. The molecule has 0 bridgehead atoms. The molecule has 1 aromatic heterocycles. The van der Waals surface area contributed by atoms with Gasteiger partial charge < -0.3 is 10.1 Å². The van der Waals surface area contributed by atoms with Crippen LogP contribution in [0.2, 0.25) is 0 Å². The van der Waals surface area contributed by atoms with Crippen molar-refractivity contribution in [2.24, 2.45) is 0 Å². The number of rotatable bonds is 9. The smallest absolute Gasteiger partial charge is 0.306 e. The number of Topliss-reactive ketones (excluding diaryl/α,β-unsaturated/α-hetero) is 1. The summed E-state index contributed by atoms with van der Waals surface area (Å²) in [4.78, 5) is 36.2. The molecule has 0 unspecified atom stereocenters. The number of nitrogens with one attached hydrogen (secondary N) is 1. The van der Waals surface area contributed by atoms with E-state index in [1.54, 1.807) is 12.1 Å². The summed E-state index contributed by atoms with van der Waals surface area (Å²) in [6.45, 7) is 3.65. The maximum Gasteiger partial charge on any atom is 0.306 e. The molecule has 1 atom stereocenters. The van der Waals surface area contributed by atoms with Gasteiger partial charge in [-0.2, -0.15) is 0 Å². The molecule has 1 heterocycles. The summed E-state index contributed by atoms with van der Waals surface area (Å²) in [6, 6.07) is 11.3. The van der Waals surface area contributed by atoms with Crippen molar-refractivity contribution in [3.63, 3.8) is 0 Å². The van der Waals surface area contributed by atoms with Gasteiger partial charge in [0.2, 0.25) is 0 Å². The lowest BCUT2D eigenvalue weighted by Crippen LogP contribution is -2.32. The molecule has 26 heavy (non-hydrogen) atoms. The lowest BCUT2D eigenvalue weighted by atomic mass is 10.0. The number of ketones is 1. The molecule has 0 saturated carbocycles. The second-order valence-corrected chi connectivity index (χ2v) is 6.95. The lowest BCUT2D eigenvalue weighted by Gasteiger charge is -2.17. The molecule has 0 spiro atoms. The van der Waals surface area contributed by atoms with E-state index >= 15 is 0 Å². The fraction of sp³-hybridized carbons (Fsp3) is 0.350. The molecule has 0 radical (unpaired) electrons. The van der Waals surface area contributed by atoms with Gasteiger partial charge in [0.15, 0.2) is 12.4 Å². The molecular weight excluding hydrogens is 350 g/mol. The Hall–Kier alpha value is -2.47. The highest BCUT2D eigenvalue weighted by Gasteiger charge is 2.15. The molecule has 0 aliphatic carbocycles. The van der Waals surface area contributed by atoms with Gasteiger partial charge in [-0.1, -0.05) is 42.8 Å².